The molecule has 174 valence electrons. The Labute approximate surface area is 191 Å². The van der Waals surface area contributed by atoms with Gasteiger partial charge in [0.25, 0.3) is 5.56 Å². The van der Waals surface area contributed by atoms with E-state index in [0.29, 0.717) is 56.0 Å². The van der Waals surface area contributed by atoms with Gasteiger partial charge in [-0.1, -0.05) is 24.3 Å². The van der Waals surface area contributed by atoms with E-state index in [-0.39, 0.29) is 29.2 Å². The van der Waals surface area contributed by atoms with Crippen LogP contribution in [0.2, 0.25) is 0 Å². The van der Waals surface area contributed by atoms with Gasteiger partial charge in [-0.2, -0.15) is 4.31 Å². The summed E-state index contributed by atoms with van der Waals surface area (Å²) in [6.07, 6.45) is 0.976. The van der Waals surface area contributed by atoms with Crippen molar-refractivity contribution < 1.29 is 17.9 Å². The Hall–Kier alpha value is -3.08. The van der Waals surface area contributed by atoms with Crippen molar-refractivity contribution in [2.45, 2.75) is 24.2 Å². The molecule has 0 atom stereocenters. The molecule has 1 aliphatic rings. The Kier molecular flexibility index (Phi) is 7.17. The Morgan fingerprint density at radius 3 is 2.55 bits per heavy atom. The molecule has 9 nitrogen and oxygen atoms in total. The molecule has 0 unspecified atom stereocenters. The number of sulfonamides is 1. The summed E-state index contributed by atoms with van der Waals surface area (Å²) in [5.41, 5.74) is 2.32. The quantitative estimate of drug-likeness (QED) is 0.511. The normalized spacial score (nSPS) is 14.9. The van der Waals surface area contributed by atoms with Crippen molar-refractivity contribution in [1.82, 2.24) is 19.6 Å². The van der Waals surface area contributed by atoms with Gasteiger partial charge < -0.3 is 15.0 Å². The van der Waals surface area contributed by atoms with E-state index in [1.165, 1.54) is 4.31 Å². The van der Waals surface area contributed by atoms with Crippen LogP contribution in [0.4, 0.5) is 0 Å². The fraction of sp³-hybridized carbons (Fsp3) is 0.348. The highest BCUT2D eigenvalue weighted by Gasteiger charge is 2.26. The van der Waals surface area contributed by atoms with Crippen LogP contribution < -0.4 is 10.9 Å². The van der Waals surface area contributed by atoms with E-state index in [1.807, 2.05) is 18.2 Å². The van der Waals surface area contributed by atoms with E-state index in [2.05, 4.69) is 15.3 Å². The minimum atomic E-state index is -3.51. The molecule has 0 aliphatic carbocycles. The predicted molar refractivity (Wildman–Crippen MR) is 123 cm³/mol. The standard InChI is InChI=1S/C23H26N4O5S/c28-22(10-9-21-23(29)26-20-4-2-1-3-19(20)25-21)24-12-11-17-5-7-18(8-6-17)33(30,31)27-13-15-32-16-14-27/h1-8H,9-16H2,(H,24,28)(H,26,29). The lowest BCUT2D eigenvalue weighted by molar-refractivity contribution is -0.121. The molecule has 0 spiro atoms. The number of amides is 1. The maximum Gasteiger partial charge on any atom is 0.270 e. The summed E-state index contributed by atoms with van der Waals surface area (Å²) in [4.78, 5) is 31.7. The summed E-state index contributed by atoms with van der Waals surface area (Å²) in [7, 11) is -3.51. The number of carbonyl (C=O) groups is 1. The highest BCUT2D eigenvalue weighted by Crippen LogP contribution is 2.18. The first-order chi connectivity index (χ1) is 15.9. The number of hydrogen-bond acceptors (Lipinski definition) is 6. The summed E-state index contributed by atoms with van der Waals surface area (Å²) < 4.78 is 32.0. The summed E-state index contributed by atoms with van der Waals surface area (Å²) >= 11 is 0. The lowest BCUT2D eigenvalue weighted by Gasteiger charge is -2.26. The minimum absolute atomic E-state index is 0.158. The lowest BCUT2D eigenvalue weighted by atomic mass is 10.1. The number of benzene rings is 2. The fourth-order valence-electron chi connectivity index (χ4n) is 3.67. The Balaban J connectivity index is 1.26. The van der Waals surface area contributed by atoms with Crippen LogP contribution in [0.15, 0.2) is 58.2 Å². The van der Waals surface area contributed by atoms with Gasteiger partial charge >= 0.3 is 0 Å². The number of fused-ring (bicyclic) bond motifs is 1. The van der Waals surface area contributed by atoms with E-state index in [1.54, 1.807) is 30.3 Å². The first-order valence-corrected chi connectivity index (χ1v) is 12.3. The predicted octanol–water partition coefficient (Wildman–Crippen LogP) is 1.24. The second-order valence-corrected chi connectivity index (χ2v) is 9.73. The Bertz CT molecular complexity index is 1280. The third-order valence-corrected chi connectivity index (χ3v) is 7.44. The van der Waals surface area contributed by atoms with Gasteiger partial charge in [0.05, 0.1) is 29.1 Å². The second-order valence-electron chi connectivity index (χ2n) is 7.79. The van der Waals surface area contributed by atoms with Crippen LogP contribution in [-0.4, -0.2) is 61.4 Å². The topological polar surface area (TPSA) is 121 Å². The van der Waals surface area contributed by atoms with Gasteiger partial charge in [-0.25, -0.2) is 13.4 Å². The maximum absolute atomic E-state index is 12.7. The molecule has 2 N–H and O–H groups in total. The van der Waals surface area contributed by atoms with Crippen molar-refractivity contribution >= 4 is 27.0 Å². The molecule has 1 saturated heterocycles. The highest BCUT2D eigenvalue weighted by molar-refractivity contribution is 7.89. The third kappa shape index (κ3) is 5.65. The fourth-order valence-corrected chi connectivity index (χ4v) is 5.08. The first kappa shape index (κ1) is 23.1. The third-order valence-electron chi connectivity index (χ3n) is 5.53. The summed E-state index contributed by atoms with van der Waals surface area (Å²) in [6, 6.07) is 14.0. The SMILES string of the molecule is O=C(CCc1nc2ccccc2[nH]c1=O)NCCc1ccc(S(=O)(=O)N2CCOCC2)cc1. The zero-order valence-electron chi connectivity index (χ0n) is 18.1. The molecule has 3 aromatic rings. The van der Waals surface area contributed by atoms with Gasteiger partial charge in [-0.05, 0) is 36.2 Å². The van der Waals surface area contributed by atoms with E-state index in [4.69, 9.17) is 4.74 Å². The molecule has 0 bridgehead atoms. The lowest BCUT2D eigenvalue weighted by Crippen LogP contribution is -2.40. The average Bonchev–Trinajstić information content (AvgIpc) is 2.83. The van der Waals surface area contributed by atoms with Crippen LogP contribution in [0.5, 0.6) is 0 Å². The summed E-state index contributed by atoms with van der Waals surface area (Å²) in [5.74, 6) is -0.170. The van der Waals surface area contributed by atoms with Crippen LogP contribution >= 0.6 is 0 Å². The number of rotatable bonds is 8. The molecule has 4 rings (SSSR count). The molecule has 1 aliphatic heterocycles. The number of morpholine rings is 1. The molecule has 33 heavy (non-hydrogen) atoms. The molecule has 0 radical (unpaired) electrons. The second kappa shape index (κ2) is 10.2. The number of aromatic nitrogens is 2. The monoisotopic (exact) mass is 470 g/mol. The van der Waals surface area contributed by atoms with E-state index < -0.39 is 10.0 Å². The van der Waals surface area contributed by atoms with Crippen molar-refractivity contribution in [3.8, 4) is 0 Å². The number of aromatic amines is 1. The van der Waals surface area contributed by atoms with Crippen molar-refractivity contribution in [3.05, 3.63) is 70.1 Å². The molecular weight excluding hydrogens is 444 g/mol. The van der Waals surface area contributed by atoms with Crippen LogP contribution in [0.25, 0.3) is 11.0 Å². The number of ether oxygens (including phenoxy) is 1. The van der Waals surface area contributed by atoms with Crippen LogP contribution in [0, 0.1) is 0 Å². The zero-order chi connectivity index (χ0) is 23.3. The smallest absolute Gasteiger partial charge is 0.270 e. The number of carbonyl (C=O) groups excluding carboxylic acids is 1. The number of nitrogens with one attached hydrogen (secondary N) is 2. The van der Waals surface area contributed by atoms with Crippen molar-refractivity contribution in [1.29, 1.82) is 0 Å². The van der Waals surface area contributed by atoms with Gasteiger partial charge in [0, 0.05) is 32.5 Å². The maximum atomic E-state index is 12.7. The summed E-state index contributed by atoms with van der Waals surface area (Å²) in [5, 5.41) is 2.84. The number of aryl methyl sites for hydroxylation is 1. The first-order valence-electron chi connectivity index (χ1n) is 10.8. The molecular formula is C23H26N4O5S. The molecule has 2 aromatic carbocycles. The minimum Gasteiger partial charge on any atom is -0.379 e. The largest absolute Gasteiger partial charge is 0.379 e. The van der Waals surface area contributed by atoms with Crippen molar-refractivity contribution in [2.75, 3.05) is 32.8 Å². The van der Waals surface area contributed by atoms with Crippen molar-refractivity contribution in [3.63, 3.8) is 0 Å². The molecule has 1 fully saturated rings. The van der Waals surface area contributed by atoms with E-state index in [0.717, 1.165) is 5.56 Å². The van der Waals surface area contributed by atoms with Crippen LogP contribution in [0.3, 0.4) is 0 Å². The van der Waals surface area contributed by atoms with Gasteiger partial charge in [-0.15, -0.1) is 0 Å². The Morgan fingerprint density at radius 1 is 1.06 bits per heavy atom. The molecule has 2 heterocycles. The average molecular weight is 471 g/mol. The van der Waals surface area contributed by atoms with Gasteiger partial charge in [0.15, 0.2) is 0 Å². The van der Waals surface area contributed by atoms with Gasteiger partial charge in [-0.3, -0.25) is 9.59 Å². The number of hydrogen-bond donors (Lipinski definition) is 2. The van der Waals surface area contributed by atoms with E-state index >= 15 is 0 Å². The van der Waals surface area contributed by atoms with Gasteiger partial charge in [0.1, 0.15) is 5.69 Å². The highest BCUT2D eigenvalue weighted by atomic mass is 32.2. The molecule has 0 saturated carbocycles. The van der Waals surface area contributed by atoms with Gasteiger partial charge in [0.2, 0.25) is 15.9 Å². The Morgan fingerprint density at radius 2 is 1.79 bits per heavy atom. The molecule has 10 heteroatoms. The number of nitrogens with zero attached hydrogens (tertiary/aromatic N) is 2. The molecule has 1 aromatic heterocycles. The zero-order valence-corrected chi connectivity index (χ0v) is 18.9. The van der Waals surface area contributed by atoms with Crippen LogP contribution in [-0.2, 0) is 32.4 Å². The van der Waals surface area contributed by atoms with Crippen LogP contribution in [0.1, 0.15) is 17.7 Å². The number of H-pyrrole nitrogens is 1. The summed E-state index contributed by atoms with van der Waals surface area (Å²) in [6.45, 7) is 1.94. The molecule has 1 amide bonds. The van der Waals surface area contributed by atoms with Crippen molar-refractivity contribution in [2.24, 2.45) is 0 Å². The number of para-hydroxylation sites is 2. The van der Waals surface area contributed by atoms with E-state index in [9.17, 15) is 18.0 Å².